The standard InChI is InChI=1S/C23H15NO/c1-2-7-16(8-3-1)17-9-6-10-18(15-17)20-13-14-22-23(24-20)19-11-4-5-12-21(19)25-22/h1-15H. The zero-order valence-electron chi connectivity index (χ0n) is 13.5. The molecular formula is C23H15NO. The van der Waals surface area contributed by atoms with Gasteiger partial charge in [0.25, 0.3) is 0 Å². The maximum Gasteiger partial charge on any atom is 0.153 e. The quantitative estimate of drug-likeness (QED) is 0.380. The smallest absolute Gasteiger partial charge is 0.153 e. The summed E-state index contributed by atoms with van der Waals surface area (Å²) in [6.45, 7) is 0. The van der Waals surface area contributed by atoms with Crippen LogP contribution in [0, 0.1) is 0 Å². The normalized spacial score (nSPS) is 11.2. The van der Waals surface area contributed by atoms with E-state index in [0.717, 1.165) is 33.3 Å². The van der Waals surface area contributed by atoms with Gasteiger partial charge in [0, 0.05) is 10.9 Å². The van der Waals surface area contributed by atoms with Crippen LogP contribution >= 0.6 is 0 Å². The monoisotopic (exact) mass is 321 g/mol. The zero-order valence-corrected chi connectivity index (χ0v) is 13.5. The Labute approximate surface area is 145 Å². The van der Waals surface area contributed by atoms with Crippen LogP contribution in [0.2, 0.25) is 0 Å². The summed E-state index contributed by atoms with van der Waals surface area (Å²) < 4.78 is 5.87. The number of nitrogens with zero attached hydrogens (tertiary/aromatic N) is 1. The van der Waals surface area contributed by atoms with Crippen molar-refractivity contribution in [3.05, 3.63) is 91.0 Å². The van der Waals surface area contributed by atoms with Crippen LogP contribution in [-0.2, 0) is 0 Å². The number of hydrogen-bond donors (Lipinski definition) is 0. The van der Waals surface area contributed by atoms with Crippen molar-refractivity contribution in [2.75, 3.05) is 0 Å². The van der Waals surface area contributed by atoms with E-state index in [1.165, 1.54) is 11.1 Å². The molecule has 5 rings (SSSR count). The highest BCUT2D eigenvalue weighted by Gasteiger charge is 2.10. The van der Waals surface area contributed by atoms with E-state index in [0.29, 0.717) is 0 Å². The molecule has 2 heteroatoms. The number of aromatic nitrogens is 1. The van der Waals surface area contributed by atoms with Gasteiger partial charge in [0.15, 0.2) is 5.58 Å². The first-order valence-corrected chi connectivity index (χ1v) is 8.33. The summed E-state index contributed by atoms with van der Waals surface area (Å²) in [6, 6.07) is 31.0. The third-order valence-corrected chi connectivity index (χ3v) is 4.49. The van der Waals surface area contributed by atoms with Crippen molar-refractivity contribution in [2.45, 2.75) is 0 Å². The number of hydrogen-bond acceptors (Lipinski definition) is 2. The van der Waals surface area contributed by atoms with Crippen molar-refractivity contribution in [3.8, 4) is 22.4 Å². The molecule has 0 atom stereocenters. The van der Waals surface area contributed by atoms with Gasteiger partial charge >= 0.3 is 0 Å². The first-order chi connectivity index (χ1) is 12.4. The molecule has 0 bridgehead atoms. The highest BCUT2D eigenvalue weighted by molar-refractivity contribution is 6.02. The lowest BCUT2D eigenvalue weighted by molar-refractivity contribution is 0.668. The summed E-state index contributed by atoms with van der Waals surface area (Å²) in [5, 5.41) is 1.05. The fourth-order valence-electron chi connectivity index (χ4n) is 3.24. The summed E-state index contributed by atoms with van der Waals surface area (Å²) in [5.74, 6) is 0. The van der Waals surface area contributed by atoms with E-state index in [1.54, 1.807) is 0 Å². The van der Waals surface area contributed by atoms with Gasteiger partial charge in [-0.1, -0.05) is 60.7 Å². The topological polar surface area (TPSA) is 26.0 Å². The molecule has 0 aliphatic heterocycles. The van der Waals surface area contributed by atoms with Gasteiger partial charge in [0.05, 0.1) is 5.69 Å². The molecule has 0 N–H and O–H groups in total. The number of benzene rings is 3. The fourth-order valence-corrected chi connectivity index (χ4v) is 3.24. The van der Waals surface area contributed by atoms with Crippen LogP contribution in [0.5, 0.6) is 0 Å². The SMILES string of the molecule is c1ccc(-c2cccc(-c3ccc4oc5ccccc5c4n3)c2)cc1. The molecule has 0 fully saturated rings. The Bertz CT molecular complexity index is 1190. The van der Waals surface area contributed by atoms with E-state index in [4.69, 9.17) is 9.40 Å². The molecule has 118 valence electrons. The summed E-state index contributed by atoms with van der Waals surface area (Å²) in [7, 11) is 0. The molecule has 3 aromatic carbocycles. The van der Waals surface area contributed by atoms with Crippen LogP contribution in [0.4, 0.5) is 0 Å². The Morgan fingerprint density at radius 1 is 0.560 bits per heavy atom. The van der Waals surface area contributed by atoms with Crippen LogP contribution in [0.3, 0.4) is 0 Å². The first-order valence-electron chi connectivity index (χ1n) is 8.33. The number of para-hydroxylation sites is 1. The minimum Gasteiger partial charge on any atom is -0.454 e. The summed E-state index contributed by atoms with van der Waals surface area (Å²) in [5.41, 5.74) is 7.07. The molecule has 0 aliphatic rings. The Kier molecular flexibility index (Phi) is 3.14. The molecule has 25 heavy (non-hydrogen) atoms. The molecule has 0 unspecified atom stereocenters. The van der Waals surface area contributed by atoms with Crippen LogP contribution in [0.25, 0.3) is 44.5 Å². The van der Waals surface area contributed by atoms with Crippen molar-refractivity contribution >= 4 is 22.1 Å². The Hall–Kier alpha value is -3.39. The molecule has 0 amide bonds. The van der Waals surface area contributed by atoms with Crippen molar-refractivity contribution in [3.63, 3.8) is 0 Å². The summed E-state index contributed by atoms with van der Waals surface area (Å²) in [6.07, 6.45) is 0. The van der Waals surface area contributed by atoms with E-state index in [9.17, 15) is 0 Å². The van der Waals surface area contributed by atoms with Gasteiger partial charge in [0.2, 0.25) is 0 Å². The molecular weight excluding hydrogens is 306 g/mol. The molecule has 0 radical (unpaired) electrons. The van der Waals surface area contributed by atoms with Crippen LogP contribution in [0.15, 0.2) is 95.4 Å². The minimum atomic E-state index is 0.823. The molecule has 0 aliphatic carbocycles. The highest BCUT2D eigenvalue weighted by Crippen LogP contribution is 2.31. The lowest BCUT2D eigenvalue weighted by Crippen LogP contribution is -1.85. The van der Waals surface area contributed by atoms with E-state index in [1.807, 2.05) is 36.4 Å². The Balaban J connectivity index is 1.67. The van der Waals surface area contributed by atoms with Gasteiger partial charge in [-0.2, -0.15) is 0 Å². The predicted octanol–water partition coefficient (Wildman–Crippen LogP) is 6.32. The van der Waals surface area contributed by atoms with Gasteiger partial charge < -0.3 is 4.42 Å². The highest BCUT2D eigenvalue weighted by atomic mass is 16.3. The Morgan fingerprint density at radius 2 is 1.32 bits per heavy atom. The third kappa shape index (κ3) is 2.39. The molecule has 2 aromatic heterocycles. The molecule has 2 heterocycles. The van der Waals surface area contributed by atoms with E-state index < -0.39 is 0 Å². The van der Waals surface area contributed by atoms with E-state index in [2.05, 4.69) is 54.6 Å². The van der Waals surface area contributed by atoms with Crippen molar-refractivity contribution in [2.24, 2.45) is 0 Å². The Morgan fingerprint density at radius 3 is 2.24 bits per heavy atom. The number of rotatable bonds is 2. The number of fused-ring (bicyclic) bond motifs is 3. The van der Waals surface area contributed by atoms with Gasteiger partial charge in [-0.25, -0.2) is 4.98 Å². The van der Waals surface area contributed by atoms with Gasteiger partial charge in [-0.05, 0) is 41.5 Å². The lowest BCUT2D eigenvalue weighted by atomic mass is 10.0. The van der Waals surface area contributed by atoms with E-state index in [-0.39, 0.29) is 0 Å². The second kappa shape index (κ2) is 5.60. The maximum absolute atomic E-state index is 5.87. The van der Waals surface area contributed by atoms with Crippen molar-refractivity contribution in [1.82, 2.24) is 4.98 Å². The molecule has 0 saturated heterocycles. The minimum absolute atomic E-state index is 0.823. The molecule has 5 aromatic rings. The molecule has 0 saturated carbocycles. The van der Waals surface area contributed by atoms with Gasteiger partial charge in [-0.3, -0.25) is 0 Å². The average Bonchev–Trinajstić information content (AvgIpc) is 3.07. The van der Waals surface area contributed by atoms with Crippen LogP contribution in [-0.4, -0.2) is 4.98 Å². The largest absolute Gasteiger partial charge is 0.454 e. The summed E-state index contributed by atoms with van der Waals surface area (Å²) in [4.78, 5) is 4.87. The zero-order chi connectivity index (χ0) is 16.6. The first kappa shape index (κ1) is 14.0. The maximum atomic E-state index is 5.87. The summed E-state index contributed by atoms with van der Waals surface area (Å²) >= 11 is 0. The molecule has 2 nitrogen and oxygen atoms in total. The van der Waals surface area contributed by atoms with Crippen molar-refractivity contribution < 1.29 is 4.42 Å². The van der Waals surface area contributed by atoms with Crippen LogP contribution < -0.4 is 0 Å². The van der Waals surface area contributed by atoms with Gasteiger partial charge in [0.1, 0.15) is 11.1 Å². The van der Waals surface area contributed by atoms with Crippen LogP contribution in [0.1, 0.15) is 0 Å². The second-order valence-electron chi connectivity index (χ2n) is 6.09. The average molecular weight is 321 g/mol. The number of furan rings is 1. The fraction of sp³-hybridized carbons (Fsp3) is 0. The molecule has 0 spiro atoms. The second-order valence-corrected chi connectivity index (χ2v) is 6.09. The van der Waals surface area contributed by atoms with Crippen molar-refractivity contribution in [1.29, 1.82) is 0 Å². The predicted molar refractivity (Wildman–Crippen MR) is 102 cm³/mol. The van der Waals surface area contributed by atoms with Gasteiger partial charge in [-0.15, -0.1) is 0 Å². The number of pyridine rings is 1. The lowest BCUT2D eigenvalue weighted by Gasteiger charge is -2.05. The van der Waals surface area contributed by atoms with E-state index >= 15 is 0 Å². The third-order valence-electron chi connectivity index (χ3n) is 4.49.